The summed E-state index contributed by atoms with van der Waals surface area (Å²) in [4.78, 5) is 12.1. The molecule has 6 nitrogen and oxygen atoms in total. The SMILES string of the molecule is Cc1ccc(F)cc1NC(=O)CSc1nnc(COc2ccccc2)n1C. The summed E-state index contributed by atoms with van der Waals surface area (Å²) in [5.41, 5.74) is 1.27. The Labute approximate surface area is 160 Å². The second kappa shape index (κ2) is 8.68. The minimum absolute atomic E-state index is 0.140. The normalized spacial score (nSPS) is 10.6. The lowest BCUT2D eigenvalue weighted by Gasteiger charge is -2.08. The van der Waals surface area contributed by atoms with Gasteiger partial charge in [-0.3, -0.25) is 4.79 Å². The Hall–Kier alpha value is -2.87. The van der Waals surface area contributed by atoms with E-state index in [9.17, 15) is 9.18 Å². The van der Waals surface area contributed by atoms with E-state index in [1.54, 1.807) is 10.6 Å². The van der Waals surface area contributed by atoms with Gasteiger partial charge in [-0.05, 0) is 36.8 Å². The van der Waals surface area contributed by atoms with E-state index in [2.05, 4.69) is 15.5 Å². The minimum atomic E-state index is -0.389. The van der Waals surface area contributed by atoms with Crippen molar-refractivity contribution < 1.29 is 13.9 Å². The first-order valence-corrected chi connectivity index (χ1v) is 9.26. The number of anilines is 1. The number of carbonyl (C=O) groups is 1. The van der Waals surface area contributed by atoms with Crippen LogP contribution in [-0.2, 0) is 18.4 Å². The van der Waals surface area contributed by atoms with Gasteiger partial charge in [0, 0.05) is 12.7 Å². The molecule has 0 unspecified atom stereocenters. The highest BCUT2D eigenvalue weighted by atomic mass is 32.2. The highest BCUT2D eigenvalue weighted by Gasteiger charge is 2.13. The molecule has 3 aromatic rings. The molecule has 140 valence electrons. The molecule has 1 amide bonds. The van der Waals surface area contributed by atoms with E-state index in [1.165, 1.54) is 23.9 Å². The number of benzene rings is 2. The first-order chi connectivity index (χ1) is 13.0. The summed E-state index contributed by atoms with van der Waals surface area (Å²) in [6.45, 7) is 2.09. The fourth-order valence-electron chi connectivity index (χ4n) is 2.31. The molecule has 0 fully saturated rings. The van der Waals surface area contributed by atoms with E-state index in [4.69, 9.17) is 4.74 Å². The van der Waals surface area contributed by atoms with Crippen molar-refractivity contribution in [3.63, 3.8) is 0 Å². The molecule has 27 heavy (non-hydrogen) atoms. The van der Waals surface area contributed by atoms with E-state index in [1.807, 2.05) is 44.3 Å². The molecule has 0 aliphatic rings. The maximum atomic E-state index is 13.3. The molecule has 2 aromatic carbocycles. The Morgan fingerprint density at radius 1 is 1.22 bits per heavy atom. The van der Waals surface area contributed by atoms with Crippen LogP contribution in [0.25, 0.3) is 0 Å². The van der Waals surface area contributed by atoms with Crippen LogP contribution in [0.3, 0.4) is 0 Å². The average Bonchev–Trinajstić information content (AvgIpc) is 3.02. The van der Waals surface area contributed by atoms with Crippen molar-refractivity contribution in [3.05, 3.63) is 65.7 Å². The fraction of sp³-hybridized carbons (Fsp3) is 0.211. The van der Waals surface area contributed by atoms with Crippen molar-refractivity contribution in [2.45, 2.75) is 18.7 Å². The second-order valence-electron chi connectivity index (χ2n) is 5.86. The smallest absolute Gasteiger partial charge is 0.234 e. The summed E-state index contributed by atoms with van der Waals surface area (Å²) < 4.78 is 20.8. The molecule has 0 spiro atoms. The largest absolute Gasteiger partial charge is 0.486 e. The monoisotopic (exact) mass is 386 g/mol. The zero-order valence-electron chi connectivity index (χ0n) is 15.0. The van der Waals surface area contributed by atoms with E-state index < -0.39 is 0 Å². The van der Waals surface area contributed by atoms with Gasteiger partial charge in [0.1, 0.15) is 18.2 Å². The van der Waals surface area contributed by atoms with Crippen LogP contribution in [0.15, 0.2) is 53.7 Å². The number of ether oxygens (including phenoxy) is 1. The molecule has 3 rings (SSSR count). The van der Waals surface area contributed by atoms with Gasteiger partial charge in [-0.1, -0.05) is 36.0 Å². The number of hydrogen-bond acceptors (Lipinski definition) is 5. The number of para-hydroxylation sites is 1. The van der Waals surface area contributed by atoms with Gasteiger partial charge in [0.05, 0.1) is 5.75 Å². The summed E-state index contributed by atoms with van der Waals surface area (Å²) in [5.74, 6) is 0.919. The predicted molar refractivity (Wildman–Crippen MR) is 102 cm³/mol. The van der Waals surface area contributed by atoms with Crippen molar-refractivity contribution in [1.29, 1.82) is 0 Å². The molecule has 1 heterocycles. The van der Waals surface area contributed by atoms with Crippen LogP contribution in [-0.4, -0.2) is 26.4 Å². The van der Waals surface area contributed by atoms with Crippen molar-refractivity contribution in [2.75, 3.05) is 11.1 Å². The topological polar surface area (TPSA) is 69.0 Å². The van der Waals surface area contributed by atoms with E-state index in [0.29, 0.717) is 16.7 Å². The average molecular weight is 386 g/mol. The van der Waals surface area contributed by atoms with Gasteiger partial charge in [0.2, 0.25) is 5.91 Å². The van der Waals surface area contributed by atoms with Gasteiger partial charge in [0.15, 0.2) is 11.0 Å². The number of nitrogens with one attached hydrogen (secondary N) is 1. The van der Waals surface area contributed by atoms with Crippen molar-refractivity contribution in [3.8, 4) is 5.75 Å². The maximum Gasteiger partial charge on any atom is 0.234 e. The Bertz CT molecular complexity index is 931. The predicted octanol–water partition coefficient (Wildman–Crippen LogP) is 3.57. The van der Waals surface area contributed by atoms with Crippen LogP contribution in [0.2, 0.25) is 0 Å². The molecule has 0 saturated heterocycles. The number of carbonyl (C=O) groups excluding carboxylic acids is 1. The summed E-state index contributed by atoms with van der Waals surface area (Å²) in [7, 11) is 1.82. The van der Waals surface area contributed by atoms with Gasteiger partial charge in [-0.15, -0.1) is 10.2 Å². The number of halogens is 1. The summed E-state index contributed by atoms with van der Waals surface area (Å²) in [6, 6.07) is 13.7. The van der Waals surface area contributed by atoms with Gasteiger partial charge < -0.3 is 14.6 Å². The third kappa shape index (κ3) is 5.07. The number of amides is 1. The van der Waals surface area contributed by atoms with Crippen LogP contribution in [0.4, 0.5) is 10.1 Å². The van der Waals surface area contributed by atoms with Gasteiger partial charge in [-0.25, -0.2) is 4.39 Å². The number of thioether (sulfide) groups is 1. The minimum Gasteiger partial charge on any atom is -0.486 e. The first kappa shape index (κ1) is 18.9. The van der Waals surface area contributed by atoms with Crippen molar-refractivity contribution in [1.82, 2.24) is 14.8 Å². The summed E-state index contributed by atoms with van der Waals surface area (Å²) >= 11 is 1.25. The number of aryl methyl sites for hydroxylation is 1. The molecule has 8 heteroatoms. The number of nitrogens with zero attached hydrogens (tertiary/aromatic N) is 3. The van der Waals surface area contributed by atoms with Crippen LogP contribution >= 0.6 is 11.8 Å². The molecule has 0 saturated carbocycles. The zero-order chi connectivity index (χ0) is 19.2. The van der Waals surface area contributed by atoms with Gasteiger partial charge in [0.25, 0.3) is 0 Å². The molecule has 1 aromatic heterocycles. The Morgan fingerprint density at radius 3 is 2.78 bits per heavy atom. The molecular formula is C19H19FN4O2S. The lowest BCUT2D eigenvalue weighted by atomic mass is 10.2. The Balaban J connectivity index is 1.54. The van der Waals surface area contributed by atoms with Gasteiger partial charge >= 0.3 is 0 Å². The number of aromatic nitrogens is 3. The third-order valence-electron chi connectivity index (χ3n) is 3.84. The molecule has 0 radical (unpaired) electrons. The number of rotatable bonds is 7. The molecule has 1 N–H and O–H groups in total. The zero-order valence-corrected chi connectivity index (χ0v) is 15.8. The summed E-state index contributed by atoms with van der Waals surface area (Å²) in [6.07, 6.45) is 0. The molecular weight excluding hydrogens is 367 g/mol. The quantitative estimate of drug-likeness (QED) is 0.629. The third-order valence-corrected chi connectivity index (χ3v) is 4.86. The molecule has 0 bridgehead atoms. The summed E-state index contributed by atoms with van der Waals surface area (Å²) in [5, 5.41) is 11.5. The molecule has 0 aliphatic heterocycles. The lowest BCUT2D eigenvalue weighted by molar-refractivity contribution is -0.113. The standard InChI is InChI=1S/C19H19FN4O2S/c1-13-8-9-14(20)10-16(13)21-18(25)12-27-19-23-22-17(24(19)2)11-26-15-6-4-3-5-7-15/h3-10H,11-12H2,1-2H3,(H,21,25). The van der Waals surface area contributed by atoms with E-state index in [0.717, 1.165) is 11.3 Å². The highest BCUT2D eigenvalue weighted by molar-refractivity contribution is 7.99. The first-order valence-electron chi connectivity index (χ1n) is 8.28. The van der Waals surface area contributed by atoms with Crippen LogP contribution < -0.4 is 10.1 Å². The van der Waals surface area contributed by atoms with Gasteiger partial charge in [-0.2, -0.15) is 0 Å². The van der Waals surface area contributed by atoms with E-state index >= 15 is 0 Å². The van der Waals surface area contributed by atoms with Crippen LogP contribution in [0, 0.1) is 12.7 Å². The highest BCUT2D eigenvalue weighted by Crippen LogP contribution is 2.19. The van der Waals surface area contributed by atoms with Crippen molar-refractivity contribution in [2.24, 2.45) is 7.05 Å². The second-order valence-corrected chi connectivity index (χ2v) is 6.80. The maximum absolute atomic E-state index is 13.3. The van der Waals surface area contributed by atoms with Crippen molar-refractivity contribution >= 4 is 23.4 Å². The Kier molecular flexibility index (Phi) is 6.08. The van der Waals surface area contributed by atoms with E-state index in [-0.39, 0.29) is 24.1 Å². The number of hydrogen-bond donors (Lipinski definition) is 1. The lowest BCUT2D eigenvalue weighted by Crippen LogP contribution is -2.15. The molecule has 0 atom stereocenters. The molecule has 0 aliphatic carbocycles. The van der Waals surface area contributed by atoms with Crippen LogP contribution in [0.1, 0.15) is 11.4 Å². The van der Waals surface area contributed by atoms with Crippen LogP contribution in [0.5, 0.6) is 5.75 Å². The fourth-order valence-corrected chi connectivity index (χ4v) is 3.04. The Morgan fingerprint density at radius 2 is 2.00 bits per heavy atom.